The zero-order valence-electron chi connectivity index (χ0n) is 13.0. The van der Waals surface area contributed by atoms with Crippen LogP contribution >= 0.6 is 0 Å². The number of nitrogens with two attached hydrogens (primary N) is 1. The number of aromatic nitrogens is 1. The molecule has 0 aliphatic carbocycles. The van der Waals surface area contributed by atoms with Crippen molar-refractivity contribution in [1.82, 2.24) is 9.29 Å². The van der Waals surface area contributed by atoms with Crippen LogP contribution in [0, 0.1) is 11.3 Å². The van der Waals surface area contributed by atoms with Gasteiger partial charge in [0, 0.05) is 19.3 Å². The normalized spacial score (nSPS) is 22.0. The fourth-order valence-electron chi connectivity index (χ4n) is 2.92. The molecule has 1 unspecified atom stereocenters. The van der Waals surface area contributed by atoms with Gasteiger partial charge in [-0.3, -0.25) is 0 Å². The van der Waals surface area contributed by atoms with Crippen LogP contribution in [0.25, 0.3) is 0 Å². The van der Waals surface area contributed by atoms with E-state index in [2.05, 4.69) is 25.8 Å². The van der Waals surface area contributed by atoms with Gasteiger partial charge >= 0.3 is 0 Å². The molecule has 0 amide bonds. The summed E-state index contributed by atoms with van der Waals surface area (Å²) < 4.78 is 26.9. The van der Waals surface area contributed by atoms with Gasteiger partial charge in [0.2, 0.25) is 0 Å². The summed E-state index contributed by atoms with van der Waals surface area (Å²) in [6, 6.07) is 3.22. The van der Waals surface area contributed by atoms with Gasteiger partial charge in [-0.25, -0.2) is 13.4 Å². The van der Waals surface area contributed by atoms with Crippen LogP contribution in [0.3, 0.4) is 0 Å². The van der Waals surface area contributed by atoms with E-state index in [0.717, 1.165) is 19.3 Å². The van der Waals surface area contributed by atoms with E-state index in [1.54, 1.807) is 12.1 Å². The van der Waals surface area contributed by atoms with Gasteiger partial charge in [0.15, 0.2) is 5.03 Å². The minimum absolute atomic E-state index is 0.0146. The van der Waals surface area contributed by atoms with E-state index in [-0.39, 0.29) is 16.1 Å². The first-order chi connectivity index (χ1) is 9.73. The Kier molecular flexibility index (Phi) is 4.58. The van der Waals surface area contributed by atoms with Crippen LogP contribution in [0.4, 0.5) is 5.69 Å². The van der Waals surface area contributed by atoms with Gasteiger partial charge in [-0.05, 0) is 42.7 Å². The average molecular weight is 311 g/mol. The molecule has 0 radical (unpaired) electrons. The summed E-state index contributed by atoms with van der Waals surface area (Å²) in [6.45, 7) is 7.75. The molecule has 2 rings (SSSR count). The van der Waals surface area contributed by atoms with E-state index < -0.39 is 10.0 Å². The first-order valence-electron chi connectivity index (χ1n) is 7.43. The number of sulfonamides is 1. The molecule has 6 heteroatoms. The molecular formula is C15H25N3O2S. The van der Waals surface area contributed by atoms with Crippen LogP contribution in [0.2, 0.25) is 0 Å². The molecular weight excluding hydrogens is 286 g/mol. The van der Waals surface area contributed by atoms with E-state index in [4.69, 9.17) is 5.73 Å². The van der Waals surface area contributed by atoms with Gasteiger partial charge in [-0.1, -0.05) is 20.8 Å². The quantitative estimate of drug-likeness (QED) is 0.910. The highest BCUT2D eigenvalue weighted by Gasteiger charge is 2.33. The third kappa shape index (κ3) is 3.55. The summed E-state index contributed by atoms with van der Waals surface area (Å²) in [5, 5.41) is -0.0146. The minimum atomic E-state index is -3.59. The van der Waals surface area contributed by atoms with Gasteiger partial charge in [0.1, 0.15) is 0 Å². The summed E-state index contributed by atoms with van der Waals surface area (Å²) >= 11 is 0. The Morgan fingerprint density at radius 3 is 2.62 bits per heavy atom. The van der Waals surface area contributed by atoms with Gasteiger partial charge in [-0.2, -0.15) is 4.31 Å². The molecule has 1 aliphatic heterocycles. The van der Waals surface area contributed by atoms with Crippen LogP contribution < -0.4 is 5.73 Å². The van der Waals surface area contributed by atoms with Crippen LogP contribution in [0.5, 0.6) is 0 Å². The van der Waals surface area contributed by atoms with Gasteiger partial charge in [0.25, 0.3) is 10.0 Å². The summed E-state index contributed by atoms with van der Waals surface area (Å²) in [5.74, 6) is 0.541. The lowest BCUT2D eigenvalue weighted by Gasteiger charge is -2.29. The van der Waals surface area contributed by atoms with Crippen molar-refractivity contribution in [3.8, 4) is 0 Å². The predicted molar refractivity (Wildman–Crippen MR) is 84.2 cm³/mol. The maximum Gasteiger partial charge on any atom is 0.262 e. The Labute approximate surface area is 127 Å². The van der Waals surface area contributed by atoms with Crippen molar-refractivity contribution < 1.29 is 8.42 Å². The molecule has 118 valence electrons. The monoisotopic (exact) mass is 311 g/mol. The Bertz CT molecular complexity index is 593. The molecule has 5 nitrogen and oxygen atoms in total. The summed E-state index contributed by atoms with van der Waals surface area (Å²) in [7, 11) is -3.59. The SMILES string of the molecule is CC(C)(C)C1CCCN(S(=O)(=O)c2ncccc2N)CC1. The van der Waals surface area contributed by atoms with Crippen molar-refractivity contribution in [1.29, 1.82) is 0 Å². The van der Waals surface area contributed by atoms with E-state index in [1.807, 2.05) is 0 Å². The first kappa shape index (κ1) is 16.2. The highest BCUT2D eigenvalue weighted by atomic mass is 32.2. The second kappa shape index (κ2) is 5.93. The van der Waals surface area contributed by atoms with E-state index >= 15 is 0 Å². The third-order valence-electron chi connectivity index (χ3n) is 4.30. The Hall–Kier alpha value is -1.14. The van der Waals surface area contributed by atoms with Crippen molar-refractivity contribution in [2.24, 2.45) is 11.3 Å². The summed E-state index contributed by atoms with van der Waals surface area (Å²) in [5.41, 5.74) is 6.21. The standard InChI is InChI=1S/C15H25N3O2S/c1-15(2,3)12-6-5-10-18(11-8-12)21(19,20)14-13(16)7-4-9-17-14/h4,7,9,12H,5-6,8,10-11,16H2,1-3H3. The molecule has 0 saturated carbocycles. The molecule has 1 aliphatic rings. The molecule has 0 aromatic carbocycles. The van der Waals surface area contributed by atoms with Gasteiger partial charge in [0.05, 0.1) is 5.69 Å². The fourth-order valence-corrected chi connectivity index (χ4v) is 4.44. The molecule has 0 spiro atoms. The predicted octanol–water partition coefficient (Wildman–Crippen LogP) is 2.50. The lowest BCUT2D eigenvalue weighted by Crippen LogP contribution is -2.33. The molecule has 1 aromatic rings. The maximum absolute atomic E-state index is 12.7. The Balaban J connectivity index is 2.21. The second-order valence-electron chi connectivity index (χ2n) is 6.80. The van der Waals surface area contributed by atoms with Crippen molar-refractivity contribution in [3.63, 3.8) is 0 Å². The number of nitrogens with zero attached hydrogens (tertiary/aromatic N) is 2. The van der Waals surface area contributed by atoms with E-state index in [0.29, 0.717) is 19.0 Å². The second-order valence-corrected chi connectivity index (χ2v) is 8.65. The largest absolute Gasteiger partial charge is 0.396 e. The zero-order valence-corrected chi connectivity index (χ0v) is 13.9. The number of hydrogen-bond acceptors (Lipinski definition) is 4. The molecule has 2 heterocycles. The number of hydrogen-bond donors (Lipinski definition) is 1. The van der Waals surface area contributed by atoms with Gasteiger partial charge in [-0.15, -0.1) is 0 Å². The van der Waals surface area contributed by atoms with E-state index in [1.165, 1.54) is 10.5 Å². The zero-order chi connectivity index (χ0) is 15.7. The number of anilines is 1. The molecule has 1 saturated heterocycles. The smallest absolute Gasteiger partial charge is 0.262 e. The topological polar surface area (TPSA) is 76.3 Å². The number of nitrogen functional groups attached to an aromatic ring is 1. The van der Waals surface area contributed by atoms with Crippen molar-refractivity contribution in [2.45, 2.75) is 45.1 Å². The van der Waals surface area contributed by atoms with Crippen molar-refractivity contribution in [3.05, 3.63) is 18.3 Å². The fraction of sp³-hybridized carbons (Fsp3) is 0.667. The first-order valence-corrected chi connectivity index (χ1v) is 8.87. The number of pyridine rings is 1. The molecule has 0 bridgehead atoms. The van der Waals surface area contributed by atoms with Crippen LogP contribution in [-0.2, 0) is 10.0 Å². The van der Waals surface area contributed by atoms with Crippen molar-refractivity contribution in [2.75, 3.05) is 18.8 Å². The van der Waals surface area contributed by atoms with Crippen molar-refractivity contribution >= 4 is 15.7 Å². The Morgan fingerprint density at radius 1 is 1.29 bits per heavy atom. The Morgan fingerprint density at radius 2 is 2.00 bits per heavy atom. The van der Waals surface area contributed by atoms with Crippen LogP contribution in [-0.4, -0.2) is 30.8 Å². The highest BCUT2D eigenvalue weighted by molar-refractivity contribution is 7.89. The lowest BCUT2D eigenvalue weighted by atomic mass is 9.77. The molecule has 1 fully saturated rings. The van der Waals surface area contributed by atoms with Crippen LogP contribution in [0.15, 0.2) is 23.4 Å². The summed E-state index contributed by atoms with van der Waals surface area (Å²) in [4.78, 5) is 3.97. The molecule has 21 heavy (non-hydrogen) atoms. The third-order valence-corrected chi connectivity index (χ3v) is 6.17. The average Bonchev–Trinajstić information content (AvgIpc) is 2.64. The number of rotatable bonds is 2. The van der Waals surface area contributed by atoms with E-state index in [9.17, 15) is 8.42 Å². The lowest BCUT2D eigenvalue weighted by molar-refractivity contribution is 0.217. The molecule has 1 atom stereocenters. The summed E-state index contributed by atoms with van der Waals surface area (Å²) in [6.07, 6.45) is 4.30. The highest BCUT2D eigenvalue weighted by Crippen LogP contribution is 2.35. The minimum Gasteiger partial charge on any atom is -0.396 e. The van der Waals surface area contributed by atoms with Gasteiger partial charge < -0.3 is 5.73 Å². The van der Waals surface area contributed by atoms with Crippen LogP contribution in [0.1, 0.15) is 40.0 Å². The molecule has 1 aromatic heterocycles. The molecule has 2 N–H and O–H groups in total. The maximum atomic E-state index is 12.7.